The lowest BCUT2D eigenvalue weighted by Gasteiger charge is -2.54. The number of likely N-dealkylation sites (N-methyl/N-ethyl adjacent to an activating group) is 1. The molecule has 1 aromatic carbocycles. The van der Waals surface area contributed by atoms with Gasteiger partial charge in [-0.15, -0.1) is 0 Å². The summed E-state index contributed by atoms with van der Waals surface area (Å²) in [5.74, 6) is 0.462. The summed E-state index contributed by atoms with van der Waals surface area (Å²) in [6.45, 7) is 4.98. The van der Waals surface area contributed by atoms with Crippen molar-refractivity contribution in [1.82, 2.24) is 0 Å². The standard InChI is InChI=1S/C22H29N2O2/c1-14-20-9-6-11-24(2)12-10-21(19(20)24)15-7-4-5-8-17(15)23-22(14,21)16(13-20)18(25)26-3/h4-5,7-8,14,16,19,23H,6,9-13H2,1-3H3/q+1/t14-,16+,19+,20+,21-,22-,24-/m1/s1. The van der Waals surface area contributed by atoms with Gasteiger partial charge in [0.05, 0.1) is 44.1 Å². The molecule has 138 valence electrons. The van der Waals surface area contributed by atoms with Crippen LogP contribution < -0.4 is 5.32 Å². The zero-order valence-electron chi connectivity index (χ0n) is 16.0. The number of piperidine rings is 1. The SMILES string of the molecule is COC(=O)[C@@H]1C[C@@]23CCC[N@+]4(C)CC[C@@]5(c6ccccc6N[C@]15[C@@H]2C)[C@H]34. The third kappa shape index (κ3) is 1.24. The Hall–Kier alpha value is -1.55. The summed E-state index contributed by atoms with van der Waals surface area (Å²) in [6, 6.07) is 9.52. The van der Waals surface area contributed by atoms with Crippen molar-refractivity contribution in [2.24, 2.45) is 17.3 Å². The Morgan fingerprint density at radius 3 is 2.88 bits per heavy atom. The summed E-state index contributed by atoms with van der Waals surface area (Å²) in [5, 5.41) is 3.99. The van der Waals surface area contributed by atoms with E-state index in [1.165, 1.54) is 48.1 Å². The van der Waals surface area contributed by atoms with Crippen LogP contribution in [0.2, 0.25) is 0 Å². The molecule has 1 N–H and O–H groups in total. The first-order chi connectivity index (χ1) is 12.5. The van der Waals surface area contributed by atoms with E-state index < -0.39 is 0 Å². The van der Waals surface area contributed by atoms with Crippen LogP contribution in [0.3, 0.4) is 0 Å². The molecule has 0 amide bonds. The third-order valence-electron chi connectivity index (χ3n) is 9.62. The number of rotatable bonds is 1. The molecule has 3 spiro atoms. The molecule has 2 saturated carbocycles. The van der Waals surface area contributed by atoms with Crippen molar-refractivity contribution in [3.8, 4) is 0 Å². The Morgan fingerprint density at radius 2 is 2.08 bits per heavy atom. The van der Waals surface area contributed by atoms with Gasteiger partial charge >= 0.3 is 5.97 Å². The van der Waals surface area contributed by atoms with Crippen molar-refractivity contribution in [2.75, 3.05) is 32.6 Å². The molecule has 3 heterocycles. The van der Waals surface area contributed by atoms with Crippen LogP contribution in [0.1, 0.15) is 38.2 Å². The first-order valence-corrected chi connectivity index (χ1v) is 10.3. The van der Waals surface area contributed by atoms with Crippen LogP contribution in [-0.4, -0.2) is 49.3 Å². The van der Waals surface area contributed by atoms with E-state index in [1.54, 1.807) is 7.11 Å². The van der Waals surface area contributed by atoms with Crippen LogP contribution in [0.4, 0.5) is 5.69 Å². The second-order valence-corrected chi connectivity index (χ2v) is 9.93. The van der Waals surface area contributed by atoms with Crippen LogP contribution in [0.5, 0.6) is 0 Å². The number of hydrogen-bond donors (Lipinski definition) is 1. The average Bonchev–Trinajstić information content (AvgIpc) is 3.27. The van der Waals surface area contributed by atoms with Crippen LogP contribution in [0, 0.1) is 17.3 Å². The molecule has 0 radical (unpaired) electrons. The van der Waals surface area contributed by atoms with E-state index in [4.69, 9.17) is 4.74 Å². The number of carbonyl (C=O) groups is 1. The Balaban J connectivity index is 1.69. The number of methoxy groups -OCH3 is 1. The van der Waals surface area contributed by atoms with Crippen molar-refractivity contribution in [3.63, 3.8) is 0 Å². The Morgan fingerprint density at radius 1 is 1.27 bits per heavy atom. The van der Waals surface area contributed by atoms with Gasteiger partial charge in [0.1, 0.15) is 6.04 Å². The number of carbonyl (C=O) groups excluding carboxylic acids is 1. The lowest BCUT2D eigenvalue weighted by atomic mass is 9.56. The molecule has 0 aromatic heterocycles. The zero-order valence-corrected chi connectivity index (χ0v) is 16.0. The third-order valence-corrected chi connectivity index (χ3v) is 9.62. The second-order valence-electron chi connectivity index (χ2n) is 9.93. The first kappa shape index (κ1) is 15.5. The Bertz CT molecular complexity index is 839. The number of esters is 1. The summed E-state index contributed by atoms with van der Waals surface area (Å²) < 4.78 is 6.56. The van der Waals surface area contributed by atoms with Gasteiger partial charge in [0.25, 0.3) is 0 Å². The molecule has 26 heavy (non-hydrogen) atoms. The summed E-state index contributed by atoms with van der Waals surface area (Å²) in [7, 11) is 4.06. The minimum absolute atomic E-state index is 0.00136. The van der Waals surface area contributed by atoms with Crippen LogP contribution >= 0.6 is 0 Å². The second kappa shape index (κ2) is 4.30. The molecule has 6 rings (SSSR count). The lowest BCUT2D eigenvalue weighted by molar-refractivity contribution is -0.936. The molecule has 3 aliphatic heterocycles. The normalized spacial score (nSPS) is 52.2. The Labute approximate surface area is 155 Å². The predicted molar refractivity (Wildman–Crippen MR) is 99.8 cm³/mol. The van der Waals surface area contributed by atoms with Gasteiger partial charge in [0.15, 0.2) is 0 Å². The van der Waals surface area contributed by atoms with Crippen LogP contribution in [0.15, 0.2) is 24.3 Å². The van der Waals surface area contributed by atoms with E-state index in [2.05, 4.69) is 43.6 Å². The molecule has 1 aromatic rings. The number of para-hydroxylation sites is 1. The fourth-order valence-corrected chi connectivity index (χ4v) is 9.19. The number of quaternary nitrogens is 1. The fraction of sp³-hybridized carbons (Fsp3) is 0.682. The monoisotopic (exact) mass is 353 g/mol. The number of nitrogens with zero attached hydrogens (tertiary/aromatic N) is 1. The zero-order chi connectivity index (χ0) is 17.9. The summed E-state index contributed by atoms with van der Waals surface area (Å²) in [6.07, 6.45) is 4.76. The first-order valence-electron chi connectivity index (χ1n) is 10.3. The van der Waals surface area contributed by atoms with Crippen molar-refractivity contribution in [2.45, 2.75) is 49.6 Å². The number of fused-ring (bicyclic) bond motifs is 1. The molecule has 2 aliphatic carbocycles. The molecular weight excluding hydrogens is 324 g/mol. The number of anilines is 1. The smallest absolute Gasteiger partial charge is 0.311 e. The molecule has 4 nitrogen and oxygen atoms in total. The highest BCUT2D eigenvalue weighted by Crippen LogP contribution is 2.80. The fourth-order valence-electron chi connectivity index (χ4n) is 9.19. The number of benzene rings is 1. The van der Waals surface area contributed by atoms with Crippen molar-refractivity contribution in [1.29, 1.82) is 0 Å². The highest BCUT2D eigenvalue weighted by molar-refractivity contribution is 5.82. The van der Waals surface area contributed by atoms with Crippen LogP contribution in [-0.2, 0) is 14.9 Å². The van der Waals surface area contributed by atoms with E-state index in [0.717, 1.165) is 6.42 Å². The number of ether oxygens (including phenoxy) is 1. The van der Waals surface area contributed by atoms with Gasteiger partial charge in [-0.25, -0.2) is 0 Å². The maximum absolute atomic E-state index is 13.0. The van der Waals surface area contributed by atoms with Gasteiger partial charge in [-0.3, -0.25) is 4.79 Å². The van der Waals surface area contributed by atoms with Crippen molar-refractivity contribution >= 4 is 11.7 Å². The quantitative estimate of drug-likeness (QED) is 0.623. The van der Waals surface area contributed by atoms with E-state index in [9.17, 15) is 4.79 Å². The highest BCUT2D eigenvalue weighted by atomic mass is 16.5. The van der Waals surface area contributed by atoms with Gasteiger partial charge in [-0.1, -0.05) is 25.1 Å². The molecule has 2 bridgehead atoms. The molecular formula is C22H29N2O2+. The molecule has 5 aliphatic rings. The van der Waals surface area contributed by atoms with E-state index in [1.807, 2.05) is 0 Å². The van der Waals surface area contributed by atoms with Gasteiger partial charge in [-0.2, -0.15) is 0 Å². The number of nitrogens with one attached hydrogen (secondary N) is 1. The lowest BCUT2D eigenvalue weighted by Crippen LogP contribution is -2.67. The Kier molecular flexibility index (Phi) is 2.56. The van der Waals surface area contributed by atoms with E-state index >= 15 is 0 Å². The van der Waals surface area contributed by atoms with Crippen LogP contribution in [0.25, 0.3) is 0 Å². The number of hydrogen-bond acceptors (Lipinski definition) is 3. The molecule has 2 saturated heterocycles. The predicted octanol–water partition coefficient (Wildman–Crippen LogP) is 2.93. The maximum atomic E-state index is 13.0. The van der Waals surface area contributed by atoms with E-state index in [0.29, 0.717) is 12.0 Å². The summed E-state index contributed by atoms with van der Waals surface area (Å²) in [4.78, 5) is 13.0. The average molecular weight is 353 g/mol. The van der Waals surface area contributed by atoms with Gasteiger partial charge in [0.2, 0.25) is 0 Å². The molecule has 4 fully saturated rings. The topological polar surface area (TPSA) is 38.3 Å². The van der Waals surface area contributed by atoms with Crippen molar-refractivity contribution < 1.29 is 14.0 Å². The van der Waals surface area contributed by atoms with Gasteiger partial charge < -0.3 is 14.5 Å². The maximum Gasteiger partial charge on any atom is 0.311 e. The minimum atomic E-state index is -0.172. The molecule has 7 atom stereocenters. The summed E-state index contributed by atoms with van der Waals surface area (Å²) in [5.41, 5.74) is 2.92. The molecule has 4 heteroatoms. The minimum Gasteiger partial charge on any atom is -0.469 e. The summed E-state index contributed by atoms with van der Waals surface area (Å²) >= 11 is 0. The van der Waals surface area contributed by atoms with E-state index in [-0.39, 0.29) is 28.3 Å². The van der Waals surface area contributed by atoms with Gasteiger partial charge in [-0.05, 0) is 36.8 Å². The van der Waals surface area contributed by atoms with Gasteiger partial charge in [0, 0.05) is 17.5 Å². The molecule has 0 unspecified atom stereocenters. The largest absolute Gasteiger partial charge is 0.469 e. The highest BCUT2D eigenvalue weighted by Gasteiger charge is 2.89. The van der Waals surface area contributed by atoms with Crippen molar-refractivity contribution in [3.05, 3.63) is 29.8 Å².